The molecule has 0 radical (unpaired) electrons. The van der Waals surface area contributed by atoms with Crippen molar-refractivity contribution in [1.29, 1.82) is 0 Å². The van der Waals surface area contributed by atoms with Crippen LogP contribution in [0, 0.1) is 23.3 Å². The Bertz CT molecular complexity index is 751. The first-order valence-corrected chi connectivity index (χ1v) is 7.53. The summed E-state index contributed by atoms with van der Waals surface area (Å²) in [7, 11) is 0. The Kier molecular flexibility index (Phi) is 2.11. The quantitative estimate of drug-likeness (QED) is 0.672. The molecule has 5 aliphatic carbocycles. The van der Waals surface area contributed by atoms with Gasteiger partial charge in [0.15, 0.2) is 11.5 Å². The number of aromatic amines is 1. The van der Waals surface area contributed by atoms with Crippen molar-refractivity contribution in [1.82, 2.24) is 19.9 Å². The SMILES string of the molecule is Fc1nc(NCC23CC=C4C(CC4C2)C3)c2nc[nH]c2n1. The fourth-order valence-corrected chi connectivity index (χ4v) is 4.57. The zero-order valence-electron chi connectivity index (χ0n) is 11.6. The van der Waals surface area contributed by atoms with Crippen molar-refractivity contribution in [2.75, 3.05) is 11.9 Å². The van der Waals surface area contributed by atoms with E-state index in [0.717, 1.165) is 24.8 Å². The smallest absolute Gasteiger partial charge is 0.312 e. The van der Waals surface area contributed by atoms with Crippen LogP contribution in [0.3, 0.4) is 0 Å². The largest absolute Gasteiger partial charge is 0.367 e. The fraction of sp³-hybridized carbons (Fsp3) is 0.533. The highest BCUT2D eigenvalue weighted by Gasteiger charge is 2.52. The molecule has 2 aromatic rings. The Labute approximate surface area is 121 Å². The van der Waals surface area contributed by atoms with E-state index in [1.165, 1.54) is 25.6 Å². The van der Waals surface area contributed by atoms with Crippen LogP contribution in [0.2, 0.25) is 0 Å². The van der Waals surface area contributed by atoms with E-state index in [2.05, 4.69) is 31.3 Å². The Morgan fingerprint density at radius 1 is 1.33 bits per heavy atom. The summed E-state index contributed by atoms with van der Waals surface area (Å²) in [4.78, 5) is 14.6. The molecule has 0 aliphatic heterocycles. The van der Waals surface area contributed by atoms with Gasteiger partial charge in [-0.05, 0) is 42.9 Å². The maximum atomic E-state index is 13.5. The number of hydrogen-bond donors (Lipinski definition) is 2. The Morgan fingerprint density at radius 2 is 2.19 bits per heavy atom. The zero-order valence-corrected chi connectivity index (χ0v) is 11.6. The molecule has 0 saturated heterocycles. The number of nitrogens with one attached hydrogen (secondary N) is 2. The van der Waals surface area contributed by atoms with Crippen LogP contribution in [0.25, 0.3) is 11.2 Å². The standard InChI is InChI=1S/C15H16FN5/c16-14-20-12(11-13(21-14)19-7-18-11)17-6-15-2-1-10-8(4-15)3-9(10)5-15/h1,7-9H,2-6H2,(H2,17,18,19,20,21). The van der Waals surface area contributed by atoms with E-state index < -0.39 is 6.08 Å². The third kappa shape index (κ3) is 1.58. The number of anilines is 1. The first-order valence-electron chi connectivity index (χ1n) is 7.53. The summed E-state index contributed by atoms with van der Waals surface area (Å²) in [5.74, 6) is 2.13. The number of nitrogens with zero attached hydrogens (tertiary/aromatic N) is 3. The van der Waals surface area contributed by atoms with Crippen LogP contribution in [-0.4, -0.2) is 26.5 Å². The van der Waals surface area contributed by atoms with Crippen LogP contribution < -0.4 is 5.32 Å². The molecule has 21 heavy (non-hydrogen) atoms. The van der Waals surface area contributed by atoms with E-state index in [-0.39, 0.29) is 0 Å². The van der Waals surface area contributed by atoms with Gasteiger partial charge in [0.2, 0.25) is 0 Å². The Morgan fingerprint density at radius 3 is 3.00 bits per heavy atom. The normalized spacial score (nSPS) is 32.9. The number of imidazole rings is 1. The molecule has 5 aliphatic rings. The third-order valence-electron chi connectivity index (χ3n) is 5.52. The molecule has 2 atom stereocenters. The molecule has 4 bridgehead atoms. The molecule has 2 N–H and O–H groups in total. The van der Waals surface area contributed by atoms with Crippen molar-refractivity contribution in [3.05, 3.63) is 24.1 Å². The predicted octanol–water partition coefficient (Wildman–Crippen LogP) is 2.65. The lowest BCUT2D eigenvalue weighted by atomic mass is 9.48. The second-order valence-corrected chi connectivity index (χ2v) is 6.74. The number of halogens is 1. The lowest BCUT2D eigenvalue weighted by Crippen LogP contribution is -2.49. The van der Waals surface area contributed by atoms with Gasteiger partial charge in [0, 0.05) is 6.54 Å². The van der Waals surface area contributed by atoms with E-state index in [1.54, 1.807) is 5.57 Å². The summed E-state index contributed by atoms with van der Waals surface area (Å²) in [5, 5.41) is 3.34. The Hall–Kier alpha value is -1.98. The highest BCUT2D eigenvalue weighted by molar-refractivity contribution is 5.82. The van der Waals surface area contributed by atoms with Gasteiger partial charge >= 0.3 is 6.08 Å². The van der Waals surface area contributed by atoms with Crippen LogP contribution in [0.15, 0.2) is 18.0 Å². The van der Waals surface area contributed by atoms with Gasteiger partial charge in [0.1, 0.15) is 5.52 Å². The van der Waals surface area contributed by atoms with Crippen molar-refractivity contribution in [3.8, 4) is 0 Å². The summed E-state index contributed by atoms with van der Waals surface area (Å²) >= 11 is 0. The summed E-state index contributed by atoms with van der Waals surface area (Å²) < 4.78 is 13.5. The fourth-order valence-electron chi connectivity index (χ4n) is 4.57. The van der Waals surface area contributed by atoms with E-state index in [9.17, 15) is 4.39 Å². The topological polar surface area (TPSA) is 66.5 Å². The molecular formula is C15H16FN5. The summed E-state index contributed by atoms with van der Waals surface area (Å²) in [6.07, 6.45) is 8.29. The van der Waals surface area contributed by atoms with E-state index in [1.807, 2.05) is 0 Å². The van der Waals surface area contributed by atoms with Crippen molar-refractivity contribution in [2.45, 2.75) is 25.7 Å². The van der Waals surface area contributed by atoms with Crippen LogP contribution in [-0.2, 0) is 0 Å². The van der Waals surface area contributed by atoms with E-state index in [4.69, 9.17) is 0 Å². The average Bonchev–Trinajstić information content (AvgIpc) is 2.93. The van der Waals surface area contributed by atoms with Crippen molar-refractivity contribution in [3.63, 3.8) is 0 Å². The van der Waals surface area contributed by atoms with Crippen molar-refractivity contribution < 1.29 is 4.39 Å². The molecule has 7 rings (SSSR count). The van der Waals surface area contributed by atoms with Gasteiger partial charge in [-0.1, -0.05) is 11.6 Å². The van der Waals surface area contributed by atoms with Crippen LogP contribution in [0.4, 0.5) is 10.2 Å². The number of allylic oxidation sites excluding steroid dienone is 2. The molecule has 3 fully saturated rings. The third-order valence-corrected chi connectivity index (χ3v) is 5.52. The van der Waals surface area contributed by atoms with E-state index in [0.29, 0.717) is 22.4 Å². The van der Waals surface area contributed by atoms with Gasteiger partial charge in [-0.2, -0.15) is 14.4 Å². The minimum atomic E-state index is -0.718. The van der Waals surface area contributed by atoms with Crippen molar-refractivity contribution in [2.24, 2.45) is 17.3 Å². The van der Waals surface area contributed by atoms with Gasteiger partial charge in [0.25, 0.3) is 0 Å². The van der Waals surface area contributed by atoms with E-state index >= 15 is 0 Å². The molecule has 0 aromatic carbocycles. The summed E-state index contributed by atoms with van der Waals surface area (Å²) in [6.45, 7) is 0.836. The number of hydrogen-bond acceptors (Lipinski definition) is 4. The lowest BCUT2D eigenvalue weighted by molar-refractivity contribution is 0.0485. The average molecular weight is 285 g/mol. The zero-order chi connectivity index (χ0) is 14.0. The number of aromatic nitrogens is 4. The Balaban J connectivity index is 1.43. The van der Waals surface area contributed by atoms with Gasteiger partial charge in [-0.15, -0.1) is 0 Å². The molecular weight excluding hydrogens is 269 g/mol. The molecule has 108 valence electrons. The first kappa shape index (κ1) is 11.7. The van der Waals surface area contributed by atoms with Gasteiger partial charge in [-0.25, -0.2) is 4.98 Å². The number of fused-ring (bicyclic) bond motifs is 2. The second-order valence-electron chi connectivity index (χ2n) is 6.74. The predicted molar refractivity (Wildman–Crippen MR) is 76.1 cm³/mol. The first-order chi connectivity index (χ1) is 10.2. The molecule has 2 unspecified atom stereocenters. The molecule has 3 saturated carbocycles. The molecule has 6 heteroatoms. The molecule has 5 nitrogen and oxygen atoms in total. The van der Waals surface area contributed by atoms with Gasteiger partial charge in [0.05, 0.1) is 6.33 Å². The highest BCUT2D eigenvalue weighted by Crippen LogP contribution is 2.62. The second kappa shape index (κ2) is 3.81. The minimum absolute atomic E-state index is 0.319. The highest BCUT2D eigenvalue weighted by atomic mass is 19.1. The minimum Gasteiger partial charge on any atom is -0.367 e. The molecule has 2 aromatic heterocycles. The van der Waals surface area contributed by atoms with Gasteiger partial charge in [-0.3, -0.25) is 0 Å². The number of rotatable bonds is 3. The van der Waals surface area contributed by atoms with Gasteiger partial charge < -0.3 is 10.3 Å². The maximum Gasteiger partial charge on any atom is 0.312 e. The van der Waals surface area contributed by atoms with Crippen LogP contribution in [0.5, 0.6) is 0 Å². The number of H-pyrrole nitrogens is 1. The summed E-state index contributed by atoms with van der Waals surface area (Å²) in [6, 6.07) is 0. The van der Waals surface area contributed by atoms with Crippen LogP contribution >= 0.6 is 0 Å². The van der Waals surface area contributed by atoms with Crippen LogP contribution in [0.1, 0.15) is 25.7 Å². The maximum absolute atomic E-state index is 13.5. The molecule has 2 heterocycles. The lowest BCUT2D eigenvalue weighted by Gasteiger charge is -2.58. The molecule has 0 spiro atoms. The molecule has 0 amide bonds. The van der Waals surface area contributed by atoms with Crippen molar-refractivity contribution >= 4 is 17.0 Å². The monoisotopic (exact) mass is 285 g/mol. The summed E-state index contributed by atoms with van der Waals surface area (Å²) in [5.41, 5.74) is 3.08.